The highest BCUT2D eigenvalue weighted by atomic mass is 32.2. The van der Waals surface area contributed by atoms with Crippen LogP contribution in [0.25, 0.3) is 0 Å². The molecule has 0 saturated carbocycles. The number of nitrogens with zero attached hydrogens (tertiary/aromatic N) is 3. The van der Waals surface area contributed by atoms with E-state index in [-0.39, 0.29) is 29.4 Å². The van der Waals surface area contributed by atoms with E-state index >= 15 is 0 Å². The van der Waals surface area contributed by atoms with E-state index in [1.165, 1.54) is 12.1 Å². The van der Waals surface area contributed by atoms with Crippen molar-refractivity contribution < 1.29 is 57.3 Å². The van der Waals surface area contributed by atoms with Gasteiger partial charge < -0.3 is 12.5 Å². The minimum Gasteiger partial charge on any atom is -0.380 e. The molecule has 0 saturated heterocycles. The summed E-state index contributed by atoms with van der Waals surface area (Å²) in [5, 5.41) is 32.8. The molecular formula is C49H43N3O16S3. The highest BCUT2D eigenvalue weighted by Gasteiger charge is 2.27. The molecule has 0 aromatic heterocycles. The largest absolute Gasteiger partial charge is 0.380 e. The Labute approximate surface area is 415 Å². The summed E-state index contributed by atoms with van der Waals surface area (Å²) in [6, 6.07) is 47.9. The van der Waals surface area contributed by atoms with Crippen LogP contribution in [0.4, 0.5) is 17.1 Å². The van der Waals surface area contributed by atoms with E-state index < -0.39 is 72.9 Å². The van der Waals surface area contributed by atoms with Crippen molar-refractivity contribution in [2.24, 2.45) is 0 Å². The van der Waals surface area contributed by atoms with Crippen molar-refractivity contribution in [1.29, 1.82) is 0 Å². The summed E-state index contributed by atoms with van der Waals surface area (Å²) < 4.78 is 66.5. The van der Waals surface area contributed by atoms with E-state index in [0.717, 1.165) is 28.8 Å². The maximum atomic E-state index is 12.9. The molecule has 0 N–H and O–H groups in total. The number of hydrogen-bond acceptors (Lipinski definition) is 16. The van der Waals surface area contributed by atoms with Gasteiger partial charge in [0.2, 0.25) is 0 Å². The summed E-state index contributed by atoms with van der Waals surface area (Å²) in [5.41, 5.74) is 3.18. The van der Waals surface area contributed by atoms with Gasteiger partial charge in [-0.1, -0.05) is 126 Å². The van der Waals surface area contributed by atoms with E-state index in [9.17, 15) is 47.8 Å². The predicted molar refractivity (Wildman–Crippen MR) is 263 cm³/mol. The zero-order chi connectivity index (χ0) is 51.3. The molecule has 0 bridgehead atoms. The Morgan fingerprint density at radius 1 is 0.465 bits per heavy atom. The third kappa shape index (κ3) is 17.6. The van der Waals surface area contributed by atoms with Crippen LogP contribution in [0.3, 0.4) is 0 Å². The normalized spacial score (nSPS) is 12.2. The Morgan fingerprint density at radius 2 is 0.845 bits per heavy atom. The van der Waals surface area contributed by atoms with Crippen LogP contribution >= 0.6 is 0 Å². The van der Waals surface area contributed by atoms with Gasteiger partial charge in [0.05, 0.1) is 26.9 Å². The number of rotatable bonds is 20. The van der Waals surface area contributed by atoms with Crippen molar-refractivity contribution in [3.8, 4) is 17.2 Å². The smallest absolute Gasteiger partial charge is 0.361 e. The molecule has 4 atom stereocenters. The Balaban J connectivity index is 0.000000199. The van der Waals surface area contributed by atoms with Gasteiger partial charge >= 0.3 is 34.1 Å². The molecule has 0 heterocycles. The molecule has 368 valence electrons. The molecular weight excluding hydrogens is 983 g/mol. The van der Waals surface area contributed by atoms with Crippen LogP contribution in [0, 0.1) is 51.1 Å². The molecule has 0 aliphatic heterocycles. The Kier molecular flexibility index (Phi) is 20.8. The van der Waals surface area contributed by atoms with E-state index in [2.05, 4.69) is 0 Å². The third-order valence-corrected chi connectivity index (χ3v) is 11.4. The third-order valence-electron chi connectivity index (χ3n) is 9.45. The highest BCUT2D eigenvalue weighted by molar-refractivity contribution is 7.76. The van der Waals surface area contributed by atoms with Crippen molar-refractivity contribution in [2.45, 2.75) is 40.1 Å². The summed E-state index contributed by atoms with van der Waals surface area (Å²) in [7, 11) is 0. The number of ketones is 1. The van der Waals surface area contributed by atoms with Gasteiger partial charge in [-0.25, -0.2) is 4.18 Å². The minimum absolute atomic E-state index is 0.0789. The van der Waals surface area contributed by atoms with Crippen molar-refractivity contribution in [1.82, 2.24) is 0 Å². The number of Topliss-reactive ketones (excluding diaryl/α,β-unsaturated/α-hetero) is 1. The Morgan fingerprint density at radius 3 is 1.30 bits per heavy atom. The molecule has 7 aromatic carbocycles. The first-order chi connectivity index (χ1) is 34.1. The summed E-state index contributed by atoms with van der Waals surface area (Å²) in [5.74, 6) is 0.808. The second kappa shape index (κ2) is 27.4. The number of aryl methyl sites for hydroxylation is 3. The van der Waals surface area contributed by atoms with Gasteiger partial charge in [-0.3, -0.25) is 43.5 Å². The Bertz CT molecular complexity index is 2930. The lowest BCUT2D eigenvalue weighted by Crippen LogP contribution is -2.19. The summed E-state index contributed by atoms with van der Waals surface area (Å²) in [4.78, 5) is 43.6. The number of benzene rings is 7. The number of nitro benzene ring substituents is 3. The van der Waals surface area contributed by atoms with Crippen molar-refractivity contribution in [3.05, 3.63) is 245 Å². The van der Waals surface area contributed by atoms with E-state index in [4.69, 9.17) is 25.1 Å². The van der Waals surface area contributed by atoms with Crippen molar-refractivity contribution in [3.63, 3.8) is 0 Å². The van der Waals surface area contributed by atoms with Crippen LogP contribution < -0.4 is 12.5 Å². The summed E-state index contributed by atoms with van der Waals surface area (Å²) in [6.07, 6.45) is -1.02. The van der Waals surface area contributed by atoms with Crippen molar-refractivity contribution in [2.75, 3.05) is 0 Å². The highest BCUT2D eigenvalue weighted by Crippen LogP contribution is 2.30. The molecule has 0 fully saturated rings. The Hall–Kier alpha value is -7.86. The van der Waals surface area contributed by atoms with Crippen LogP contribution in [-0.2, 0) is 59.8 Å². The molecule has 7 rings (SSSR count). The van der Waals surface area contributed by atoms with Gasteiger partial charge in [0.1, 0.15) is 29.4 Å². The number of carbonyl (C=O) groups is 1. The number of carbonyl (C=O) groups excluding carboxylic acids is 1. The SMILES string of the molecule is Cc1ccc(OS(=O)OC(C(=O)c2ccccc2)c2ccccc2)cc1.Cc1ccc(OS(=O)OCc2c([N+](=O)[O-])cccc2[N+](=O)[O-])cc1.Cc1ccc(OS(=O)OCc2ccccc2[N+](=O)[O-])cc1. The zero-order valence-electron chi connectivity index (χ0n) is 37.8. The lowest BCUT2D eigenvalue weighted by molar-refractivity contribution is -0.396. The van der Waals surface area contributed by atoms with E-state index in [0.29, 0.717) is 28.2 Å². The quantitative estimate of drug-likeness (QED) is 0.0391. The second-order valence-corrected chi connectivity index (χ2v) is 17.0. The fourth-order valence-corrected chi connectivity index (χ4v) is 7.61. The first-order valence-corrected chi connectivity index (χ1v) is 23.8. The minimum atomic E-state index is -2.27. The molecule has 7 aromatic rings. The average Bonchev–Trinajstić information content (AvgIpc) is 3.37. The number of nitro groups is 3. The fourth-order valence-electron chi connectivity index (χ4n) is 5.88. The van der Waals surface area contributed by atoms with Gasteiger partial charge in [0.15, 0.2) is 11.9 Å². The van der Waals surface area contributed by atoms with E-state index in [1.807, 2.05) is 57.2 Å². The van der Waals surface area contributed by atoms with E-state index in [1.54, 1.807) is 115 Å². The maximum absolute atomic E-state index is 12.9. The molecule has 0 spiro atoms. The number of para-hydroxylation sites is 1. The van der Waals surface area contributed by atoms with Gasteiger partial charge in [0.25, 0.3) is 17.1 Å². The molecule has 0 amide bonds. The van der Waals surface area contributed by atoms with Gasteiger partial charge in [0, 0.05) is 23.8 Å². The topological polar surface area (TPSA) is 253 Å². The lowest BCUT2D eigenvalue weighted by Gasteiger charge is -2.16. The van der Waals surface area contributed by atoms with Crippen LogP contribution in [0.2, 0.25) is 0 Å². The van der Waals surface area contributed by atoms with Gasteiger partial charge in [-0.05, 0) is 74.9 Å². The standard InChI is InChI=1S/C21H18O4S.C14H12N2O7S.C14H13NO5S/c1-16-12-14-19(15-13-16)24-26(23)25-21(18-10-6-3-7-11-18)20(22)17-8-4-2-5-9-17;1-10-5-7-11(8-6-10)23-24(21)22-9-12-13(15(17)18)3-2-4-14(12)16(19)20;1-11-6-8-13(9-7-11)20-21(18)19-10-12-4-2-3-5-14(12)15(16)17/h2-15,21H,1H3;2-8H,9H2,1H3;2-9H,10H2,1H3. The molecule has 19 nitrogen and oxygen atoms in total. The zero-order valence-corrected chi connectivity index (χ0v) is 40.3. The van der Waals surface area contributed by atoms with Gasteiger partial charge in [-0.15, -0.1) is 0 Å². The summed E-state index contributed by atoms with van der Waals surface area (Å²) >= 11 is -6.41. The molecule has 71 heavy (non-hydrogen) atoms. The molecule has 22 heteroatoms. The maximum Gasteiger partial charge on any atom is 0.361 e. The first-order valence-electron chi connectivity index (χ1n) is 20.8. The monoisotopic (exact) mass is 1030 g/mol. The van der Waals surface area contributed by atoms with Crippen LogP contribution in [0.15, 0.2) is 176 Å². The van der Waals surface area contributed by atoms with Crippen molar-refractivity contribution >= 4 is 56.9 Å². The fraction of sp³-hybridized carbons (Fsp3) is 0.122. The molecule has 4 unspecified atom stereocenters. The average molecular weight is 1030 g/mol. The summed E-state index contributed by atoms with van der Waals surface area (Å²) in [6.45, 7) is 4.96. The van der Waals surface area contributed by atoms with Crippen LogP contribution in [0.5, 0.6) is 17.2 Å². The van der Waals surface area contributed by atoms with Crippen LogP contribution in [-0.4, -0.2) is 33.2 Å². The molecule has 0 radical (unpaired) electrons. The lowest BCUT2D eigenvalue weighted by atomic mass is 10.0. The number of hydrogen-bond donors (Lipinski definition) is 0. The second-order valence-electron chi connectivity index (χ2n) is 14.6. The molecule has 0 aliphatic carbocycles. The first kappa shape index (κ1) is 54.1. The predicted octanol–water partition coefficient (Wildman–Crippen LogP) is 10.7. The van der Waals surface area contributed by atoms with Crippen LogP contribution in [0.1, 0.15) is 49.8 Å². The van der Waals surface area contributed by atoms with Gasteiger partial charge in [-0.2, -0.15) is 12.6 Å². The molecule has 0 aliphatic rings.